The molecule has 3 nitrogen and oxygen atoms in total. The van der Waals surface area contributed by atoms with Crippen LogP contribution in [0, 0.1) is 6.92 Å². The van der Waals surface area contributed by atoms with Crippen molar-refractivity contribution in [3.8, 4) is 0 Å². The summed E-state index contributed by atoms with van der Waals surface area (Å²) in [5.41, 5.74) is 2.23. The number of nitrogens with zero attached hydrogens (tertiary/aromatic N) is 2. The van der Waals surface area contributed by atoms with E-state index in [2.05, 4.69) is 6.07 Å². The first-order valence-corrected chi connectivity index (χ1v) is 9.08. The predicted octanol–water partition coefficient (Wildman–Crippen LogP) is 4.30. The topological polar surface area (TPSA) is 23.6 Å². The lowest BCUT2D eigenvalue weighted by Gasteiger charge is -2.36. The van der Waals surface area contributed by atoms with E-state index >= 15 is 0 Å². The monoisotopic (exact) mass is 376 g/mol. The van der Waals surface area contributed by atoms with Gasteiger partial charge in [-0.25, -0.2) is 0 Å². The molecule has 0 radical (unpaired) electrons. The van der Waals surface area contributed by atoms with Gasteiger partial charge in [-0.3, -0.25) is 4.79 Å². The Morgan fingerprint density at radius 2 is 1.70 bits per heavy atom. The standard InChI is InChI=1S/C21H23F3N2O/c1-16-4-2-5-17(14-16)8-9-20(27)26-12-10-25(11-13-26)19-7-3-6-18(15-19)21(22,23)24/h2-7,14-15H,8-13H2,1H3. The number of piperazine rings is 1. The highest BCUT2D eigenvalue weighted by atomic mass is 19.4. The van der Waals surface area contributed by atoms with Gasteiger partial charge in [-0.1, -0.05) is 35.9 Å². The van der Waals surface area contributed by atoms with E-state index in [1.165, 1.54) is 17.7 Å². The van der Waals surface area contributed by atoms with Crippen LogP contribution in [0.4, 0.5) is 18.9 Å². The normalized spacial score (nSPS) is 15.1. The van der Waals surface area contributed by atoms with Crippen LogP contribution in [0.15, 0.2) is 48.5 Å². The van der Waals surface area contributed by atoms with Crippen molar-refractivity contribution < 1.29 is 18.0 Å². The minimum atomic E-state index is -4.34. The predicted molar refractivity (Wildman–Crippen MR) is 99.7 cm³/mol. The highest BCUT2D eigenvalue weighted by Crippen LogP contribution is 2.31. The van der Waals surface area contributed by atoms with Crippen LogP contribution >= 0.6 is 0 Å². The summed E-state index contributed by atoms with van der Waals surface area (Å²) in [5, 5.41) is 0. The molecule has 6 heteroatoms. The van der Waals surface area contributed by atoms with Crippen molar-refractivity contribution in [2.45, 2.75) is 25.9 Å². The molecule has 0 atom stereocenters. The van der Waals surface area contributed by atoms with E-state index in [9.17, 15) is 18.0 Å². The van der Waals surface area contributed by atoms with Crippen molar-refractivity contribution in [3.05, 3.63) is 65.2 Å². The maximum atomic E-state index is 12.9. The van der Waals surface area contributed by atoms with E-state index in [-0.39, 0.29) is 5.91 Å². The molecule has 1 saturated heterocycles. The fourth-order valence-corrected chi connectivity index (χ4v) is 3.37. The number of alkyl halides is 3. The van der Waals surface area contributed by atoms with Gasteiger partial charge in [-0.15, -0.1) is 0 Å². The molecule has 27 heavy (non-hydrogen) atoms. The lowest BCUT2D eigenvalue weighted by atomic mass is 10.1. The average Bonchev–Trinajstić information content (AvgIpc) is 2.66. The Balaban J connectivity index is 1.53. The Kier molecular flexibility index (Phi) is 5.73. The number of carbonyl (C=O) groups excluding carboxylic acids is 1. The first-order chi connectivity index (χ1) is 12.8. The summed E-state index contributed by atoms with van der Waals surface area (Å²) in [7, 11) is 0. The summed E-state index contributed by atoms with van der Waals surface area (Å²) < 4.78 is 38.6. The number of amides is 1. The van der Waals surface area contributed by atoms with E-state index in [1.807, 2.05) is 30.0 Å². The van der Waals surface area contributed by atoms with Crippen LogP contribution in [0.5, 0.6) is 0 Å². The summed E-state index contributed by atoms with van der Waals surface area (Å²) in [6, 6.07) is 13.5. The summed E-state index contributed by atoms with van der Waals surface area (Å²) in [6.45, 7) is 4.17. The van der Waals surface area contributed by atoms with Gasteiger partial charge < -0.3 is 9.80 Å². The number of rotatable bonds is 4. The van der Waals surface area contributed by atoms with Crippen molar-refractivity contribution in [2.24, 2.45) is 0 Å². The Morgan fingerprint density at radius 1 is 1.00 bits per heavy atom. The molecule has 144 valence electrons. The summed E-state index contributed by atoms with van der Waals surface area (Å²) >= 11 is 0. The van der Waals surface area contributed by atoms with Gasteiger partial charge in [0.2, 0.25) is 5.91 Å². The first-order valence-electron chi connectivity index (χ1n) is 9.08. The van der Waals surface area contributed by atoms with E-state index in [4.69, 9.17) is 0 Å². The zero-order valence-corrected chi connectivity index (χ0v) is 15.3. The lowest BCUT2D eigenvalue weighted by molar-refractivity contribution is -0.137. The lowest BCUT2D eigenvalue weighted by Crippen LogP contribution is -2.48. The van der Waals surface area contributed by atoms with Gasteiger partial charge >= 0.3 is 6.18 Å². The van der Waals surface area contributed by atoms with E-state index in [1.54, 1.807) is 11.0 Å². The minimum Gasteiger partial charge on any atom is -0.368 e. The Bertz CT molecular complexity index is 796. The molecular weight excluding hydrogens is 353 g/mol. The highest BCUT2D eigenvalue weighted by molar-refractivity contribution is 5.76. The van der Waals surface area contributed by atoms with Gasteiger partial charge in [-0.2, -0.15) is 13.2 Å². The molecular formula is C21H23F3N2O. The zero-order chi connectivity index (χ0) is 19.4. The molecule has 1 amide bonds. The van der Waals surface area contributed by atoms with Gasteiger partial charge in [0, 0.05) is 38.3 Å². The van der Waals surface area contributed by atoms with Crippen LogP contribution in [0.1, 0.15) is 23.1 Å². The Morgan fingerprint density at radius 3 is 2.37 bits per heavy atom. The summed E-state index contributed by atoms with van der Waals surface area (Å²) in [5.74, 6) is 0.0974. The number of hydrogen-bond acceptors (Lipinski definition) is 2. The van der Waals surface area contributed by atoms with Crippen LogP contribution in [0.25, 0.3) is 0 Å². The number of halogens is 3. The van der Waals surface area contributed by atoms with Crippen molar-refractivity contribution in [3.63, 3.8) is 0 Å². The fraction of sp³-hybridized carbons (Fsp3) is 0.381. The van der Waals surface area contributed by atoms with Gasteiger partial charge in [0.25, 0.3) is 0 Å². The molecule has 1 heterocycles. The van der Waals surface area contributed by atoms with Crippen LogP contribution in [0.2, 0.25) is 0 Å². The van der Waals surface area contributed by atoms with Crippen molar-refractivity contribution >= 4 is 11.6 Å². The second-order valence-corrected chi connectivity index (χ2v) is 6.90. The molecule has 1 aliphatic rings. The molecule has 0 bridgehead atoms. The number of benzene rings is 2. The molecule has 3 rings (SSSR count). The second-order valence-electron chi connectivity index (χ2n) is 6.90. The van der Waals surface area contributed by atoms with Crippen LogP contribution in [0.3, 0.4) is 0 Å². The molecule has 0 N–H and O–H groups in total. The largest absolute Gasteiger partial charge is 0.416 e. The number of aryl methyl sites for hydroxylation is 2. The Hall–Kier alpha value is -2.50. The minimum absolute atomic E-state index is 0.0974. The molecule has 0 saturated carbocycles. The van der Waals surface area contributed by atoms with Gasteiger partial charge in [0.1, 0.15) is 0 Å². The Labute approximate surface area is 157 Å². The van der Waals surface area contributed by atoms with Gasteiger partial charge in [0.05, 0.1) is 5.56 Å². The zero-order valence-electron chi connectivity index (χ0n) is 15.3. The third-order valence-electron chi connectivity index (χ3n) is 4.88. The number of carbonyl (C=O) groups is 1. The van der Waals surface area contributed by atoms with Gasteiger partial charge in [-0.05, 0) is 37.1 Å². The molecule has 2 aromatic rings. The quantitative estimate of drug-likeness (QED) is 0.795. The molecule has 2 aromatic carbocycles. The molecule has 0 aliphatic carbocycles. The third kappa shape index (κ3) is 5.02. The molecule has 1 fully saturated rings. The highest BCUT2D eigenvalue weighted by Gasteiger charge is 2.31. The fourth-order valence-electron chi connectivity index (χ4n) is 3.37. The van der Waals surface area contributed by atoms with E-state index in [0.29, 0.717) is 44.7 Å². The molecule has 0 unspecified atom stereocenters. The second kappa shape index (κ2) is 8.03. The van der Waals surface area contributed by atoms with Gasteiger partial charge in [0.15, 0.2) is 0 Å². The summed E-state index contributed by atoms with van der Waals surface area (Å²) in [6.07, 6.45) is -3.19. The summed E-state index contributed by atoms with van der Waals surface area (Å²) in [4.78, 5) is 16.2. The van der Waals surface area contributed by atoms with Crippen LogP contribution in [-0.2, 0) is 17.4 Å². The van der Waals surface area contributed by atoms with E-state index < -0.39 is 11.7 Å². The third-order valence-corrected chi connectivity index (χ3v) is 4.88. The van der Waals surface area contributed by atoms with E-state index in [0.717, 1.165) is 11.6 Å². The molecule has 0 aromatic heterocycles. The maximum Gasteiger partial charge on any atom is 0.416 e. The first kappa shape index (κ1) is 19.3. The molecule has 0 spiro atoms. The maximum absolute atomic E-state index is 12.9. The number of anilines is 1. The smallest absolute Gasteiger partial charge is 0.368 e. The molecule has 1 aliphatic heterocycles. The van der Waals surface area contributed by atoms with Crippen molar-refractivity contribution in [2.75, 3.05) is 31.1 Å². The number of hydrogen-bond donors (Lipinski definition) is 0. The van der Waals surface area contributed by atoms with Crippen molar-refractivity contribution in [1.29, 1.82) is 0 Å². The van der Waals surface area contributed by atoms with Crippen LogP contribution in [-0.4, -0.2) is 37.0 Å². The SMILES string of the molecule is Cc1cccc(CCC(=O)N2CCN(c3cccc(C(F)(F)F)c3)CC2)c1. The average molecular weight is 376 g/mol. The van der Waals surface area contributed by atoms with Crippen molar-refractivity contribution in [1.82, 2.24) is 4.90 Å². The van der Waals surface area contributed by atoms with Crippen LogP contribution < -0.4 is 4.90 Å².